The van der Waals surface area contributed by atoms with Crippen LogP contribution < -0.4 is 0 Å². The topological polar surface area (TPSA) is 65.6 Å². The van der Waals surface area contributed by atoms with Gasteiger partial charge in [0.25, 0.3) is 0 Å². The van der Waals surface area contributed by atoms with Crippen LogP contribution in [-0.4, -0.2) is 16.3 Å². The molecule has 1 aromatic rings. The minimum Gasteiger partial charge on any atom is -0.245 e. The van der Waals surface area contributed by atoms with Gasteiger partial charge in [0.1, 0.15) is 0 Å². The number of amidine groups is 1. The molecule has 0 saturated carbocycles. The lowest BCUT2D eigenvalue weighted by Gasteiger charge is -1.97. The van der Waals surface area contributed by atoms with Crippen LogP contribution in [0.1, 0.15) is 5.56 Å². The molecular formula is C9H7N3OS. The molecule has 1 aliphatic rings. The number of nitrogens with zero attached hydrogens (tertiary/aromatic N) is 3. The van der Waals surface area contributed by atoms with E-state index >= 15 is 0 Å². The van der Waals surface area contributed by atoms with Crippen LogP contribution >= 0.6 is 0 Å². The summed E-state index contributed by atoms with van der Waals surface area (Å²) in [4.78, 5) is 4.20. The Balaban J connectivity index is 2.80. The molecule has 1 aliphatic heterocycles. The van der Waals surface area contributed by atoms with E-state index in [2.05, 4.69) is 9.36 Å². The number of hydrogen-bond acceptors (Lipinski definition) is 3. The maximum atomic E-state index is 11.9. The zero-order valence-corrected chi connectivity index (χ0v) is 8.28. The highest BCUT2D eigenvalue weighted by Crippen LogP contribution is 2.25. The van der Waals surface area contributed by atoms with E-state index in [4.69, 9.17) is 5.26 Å². The molecule has 1 aromatic carbocycles. The number of nitriles is 1. The summed E-state index contributed by atoms with van der Waals surface area (Å²) in [6, 6.07) is 7.13. The molecule has 70 valence electrons. The van der Waals surface area contributed by atoms with Gasteiger partial charge in [0, 0.05) is 11.8 Å². The summed E-state index contributed by atoms with van der Waals surface area (Å²) in [5.74, 6) is 0.274. The van der Waals surface area contributed by atoms with Crippen LogP contribution in [0.5, 0.6) is 0 Å². The van der Waals surface area contributed by atoms with Gasteiger partial charge < -0.3 is 0 Å². The molecule has 14 heavy (non-hydrogen) atoms. The van der Waals surface area contributed by atoms with Crippen molar-refractivity contribution >= 4 is 15.6 Å². The van der Waals surface area contributed by atoms with E-state index in [9.17, 15) is 4.21 Å². The maximum Gasteiger partial charge on any atom is 0.207 e. The first-order valence-corrected chi connectivity index (χ1v) is 5.86. The molecular weight excluding hydrogens is 198 g/mol. The van der Waals surface area contributed by atoms with Crippen molar-refractivity contribution in [3.63, 3.8) is 0 Å². The van der Waals surface area contributed by atoms with Crippen molar-refractivity contribution in [3.8, 4) is 6.19 Å². The van der Waals surface area contributed by atoms with E-state index in [-0.39, 0.29) is 5.84 Å². The van der Waals surface area contributed by atoms with E-state index in [1.54, 1.807) is 30.6 Å². The quantitative estimate of drug-likeness (QED) is 0.600. The number of hydrogen-bond donors (Lipinski definition) is 0. The minimum atomic E-state index is -2.38. The van der Waals surface area contributed by atoms with Gasteiger partial charge in [-0.05, 0) is 12.1 Å². The maximum absolute atomic E-state index is 11.9. The molecule has 0 bridgehead atoms. The van der Waals surface area contributed by atoms with Crippen LogP contribution in [0.4, 0.5) is 0 Å². The highest BCUT2D eigenvalue weighted by atomic mass is 32.2. The van der Waals surface area contributed by atoms with Gasteiger partial charge in [0.15, 0.2) is 5.84 Å². The number of aliphatic imine (C=N–C) groups is 1. The van der Waals surface area contributed by atoms with Crippen molar-refractivity contribution in [1.82, 2.24) is 0 Å². The smallest absolute Gasteiger partial charge is 0.207 e. The Labute approximate surface area is 82.1 Å². The van der Waals surface area contributed by atoms with Gasteiger partial charge in [-0.15, -0.1) is 0 Å². The normalized spacial score (nSPS) is 26.7. The highest BCUT2D eigenvalue weighted by molar-refractivity contribution is 7.93. The Morgan fingerprint density at radius 1 is 1.50 bits per heavy atom. The fourth-order valence-electron chi connectivity index (χ4n) is 1.37. The van der Waals surface area contributed by atoms with Crippen LogP contribution in [0.15, 0.2) is 38.5 Å². The molecule has 0 radical (unpaired) electrons. The van der Waals surface area contributed by atoms with Gasteiger partial charge in [-0.3, -0.25) is 0 Å². The molecule has 0 N–H and O–H groups in total. The molecule has 0 fully saturated rings. The highest BCUT2D eigenvalue weighted by Gasteiger charge is 2.23. The van der Waals surface area contributed by atoms with Crippen LogP contribution in [0.25, 0.3) is 0 Å². The molecule has 2 rings (SSSR count). The van der Waals surface area contributed by atoms with Gasteiger partial charge >= 0.3 is 0 Å². The Hall–Kier alpha value is -1.67. The lowest BCUT2D eigenvalue weighted by molar-refractivity contribution is 0.682. The standard InChI is InChI=1S/C9H7N3OS/c1-14(13)8-5-3-2-4-7(8)9(12-14)11-6-10/h2-5H,1H3/t14-/m0/s1. The van der Waals surface area contributed by atoms with Gasteiger partial charge in [0.2, 0.25) is 6.19 Å². The number of rotatable bonds is 0. The number of fused-ring (bicyclic) bond motifs is 1. The fraction of sp³-hybridized carbons (Fsp3) is 0.111. The molecule has 0 saturated heterocycles. The second-order valence-electron chi connectivity index (χ2n) is 2.93. The van der Waals surface area contributed by atoms with Crippen LogP contribution in [-0.2, 0) is 9.73 Å². The summed E-state index contributed by atoms with van der Waals surface area (Å²) < 4.78 is 15.9. The summed E-state index contributed by atoms with van der Waals surface area (Å²) in [7, 11) is -2.38. The second-order valence-corrected chi connectivity index (χ2v) is 5.15. The third-order valence-electron chi connectivity index (χ3n) is 1.95. The Kier molecular flexibility index (Phi) is 1.86. The van der Waals surface area contributed by atoms with E-state index in [0.29, 0.717) is 10.5 Å². The fourth-order valence-corrected chi connectivity index (χ4v) is 2.84. The Morgan fingerprint density at radius 2 is 2.21 bits per heavy atom. The SMILES string of the molecule is C[S@@]1(=O)=NC(=NC#N)c2ccccc21. The first-order chi connectivity index (χ1) is 6.65. The van der Waals surface area contributed by atoms with Crippen molar-refractivity contribution in [2.24, 2.45) is 9.36 Å². The third kappa shape index (κ3) is 1.20. The zero-order chi connectivity index (χ0) is 10.2. The van der Waals surface area contributed by atoms with E-state index in [0.717, 1.165) is 0 Å². The van der Waals surface area contributed by atoms with Gasteiger partial charge in [-0.25, -0.2) is 4.21 Å². The largest absolute Gasteiger partial charge is 0.245 e. The van der Waals surface area contributed by atoms with Crippen LogP contribution in [0.3, 0.4) is 0 Å². The summed E-state index contributed by atoms with van der Waals surface area (Å²) in [5.41, 5.74) is 0.696. The predicted octanol–water partition coefficient (Wildman–Crippen LogP) is 1.38. The lowest BCUT2D eigenvalue weighted by Crippen LogP contribution is -1.93. The van der Waals surface area contributed by atoms with Crippen molar-refractivity contribution in [3.05, 3.63) is 29.8 Å². The summed E-state index contributed by atoms with van der Waals surface area (Å²) in [6.07, 6.45) is 3.20. The van der Waals surface area contributed by atoms with Gasteiger partial charge in [-0.1, -0.05) is 12.1 Å². The van der Waals surface area contributed by atoms with E-state index < -0.39 is 9.73 Å². The summed E-state index contributed by atoms with van der Waals surface area (Å²) in [5, 5.41) is 8.43. The zero-order valence-electron chi connectivity index (χ0n) is 7.47. The molecule has 1 atom stereocenters. The molecule has 4 nitrogen and oxygen atoms in total. The molecule has 0 amide bonds. The number of benzene rings is 1. The van der Waals surface area contributed by atoms with Gasteiger partial charge in [0.05, 0.1) is 14.6 Å². The van der Waals surface area contributed by atoms with Crippen molar-refractivity contribution in [2.45, 2.75) is 4.90 Å². The molecule has 5 heteroatoms. The van der Waals surface area contributed by atoms with Crippen molar-refractivity contribution in [2.75, 3.05) is 6.26 Å². The van der Waals surface area contributed by atoms with Crippen LogP contribution in [0, 0.1) is 11.5 Å². The molecule has 0 aliphatic carbocycles. The van der Waals surface area contributed by atoms with Crippen LogP contribution in [0.2, 0.25) is 0 Å². The van der Waals surface area contributed by atoms with E-state index in [1.165, 1.54) is 0 Å². The first kappa shape index (κ1) is 8.91. The van der Waals surface area contributed by atoms with Gasteiger partial charge in [-0.2, -0.15) is 14.6 Å². The first-order valence-electron chi connectivity index (χ1n) is 3.93. The van der Waals surface area contributed by atoms with E-state index in [1.807, 2.05) is 6.07 Å². The Bertz CT molecular complexity index is 574. The molecule has 0 unspecified atom stereocenters. The average molecular weight is 205 g/mol. The molecule has 0 aromatic heterocycles. The third-order valence-corrected chi connectivity index (χ3v) is 3.65. The predicted molar refractivity (Wildman–Crippen MR) is 53.4 cm³/mol. The summed E-state index contributed by atoms with van der Waals surface area (Å²) >= 11 is 0. The summed E-state index contributed by atoms with van der Waals surface area (Å²) in [6.45, 7) is 0. The lowest BCUT2D eigenvalue weighted by atomic mass is 10.2. The molecule has 1 heterocycles. The monoisotopic (exact) mass is 205 g/mol. The van der Waals surface area contributed by atoms with Crippen molar-refractivity contribution in [1.29, 1.82) is 5.26 Å². The minimum absolute atomic E-state index is 0.274. The second kappa shape index (κ2) is 2.93. The Morgan fingerprint density at radius 3 is 2.93 bits per heavy atom. The molecule has 0 spiro atoms. The average Bonchev–Trinajstić information content (AvgIpc) is 2.41. The van der Waals surface area contributed by atoms with Crippen molar-refractivity contribution < 1.29 is 4.21 Å².